The number of rotatable bonds is 5. The van der Waals surface area contributed by atoms with E-state index >= 15 is 0 Å². The van der Waals surface area contributed by atoms with Gasteiger partial charge in [-0.3, -0.25) is 0 Å². The first-order valence-electron chi connectivity index (χ1n) is 6.73. The number of hydrogen-bond donors (Lipinski definition) is 1. The van der Waals surface area contributed by atoms with Gasteiger partial charge in [-0.1, -0.05) is 0 Å². The Bertz CT molecular complexity index is 781. The lowest BCUT2D eigenvalue weighted by atomic mass is 10.1. The fourth-order valence-corrected chi connectivity index (χ4v) is 4.01. The Morgan fingerprint density at radius 1 is 1.22 bits per heavy atom. The fourth-order valence-electron chi connectivity index (χ4n) is 2.37. The monoisotopic (exact) mass is 396 g/mol. The van der Waals surface area contributed by atoms with Crippen LogP contribution in [0.3, 0.4) is 0 Å². The van der Waals surface area contributed by atoms with Gasteiger partial charge in [-0.2, -0.15) is 5.26 Å². The smallest absolute Gasteiger partial charge is 0.204 e. The van der Waals surface area contributed by atoms with Crippen molar-refractivity contribution in [3.8, 4) is 23.3 Å². The minimum absolute atomic E-state index is 0.533. The zero-order valence-electron chi connectivity index (χ0n) is 13.3. The standard InChI is InChI=1S/C16H17BrN2O3S/c1-8-10(7-18)16(19)23-12(8)6-9-5-11(20-2)14(21-3)15(22-4)13(9)17/h5H,6,19H2,1-4H3. The van der Waals surface area contributed by atoms with Crippen LogP contribution in [0, 0.1) is 18.3 Å². The number of methoxy groups -OCH3 is 3. The van der Waals surface area contributed by atoms with Crippen LogP contribution in [-0.2, 0) is 6.42 Å². The molecular formula is C16H17BrN2O3S. The SMILES string of the molecule is COc1cc(Cc2sc(N)c(C#N)c2C)c(Br)c(OC)c1OC. The largest absolute Gasteiger partial charge is 0.493 e. The normalized spacial score (nSPS) is 10.3. The van der Waals surface area contributed by atoms with Crippen LogP contribution in [0.5, 0.6) is 17.2 Å². The van der Waals surface area contributed by atoms with Gasteiger partial charge in [0.1, 0.15) is 11.1 Å². The molecule has 0 aliphatic heterocycles. The second-order valence-corrected chi connectivity index (χ2v) is 6.73. The number of ether oxygens (including phenoxy) is 3. The summed E-state index contributed by atoms with van der Waals surface area (Å²) in [7, 11) is 4.72. The molecule has 2 rings (SSSR count). The van der Waals surface area contributed by atoms with Gasteiger partial charge in [-0.05, 0) is 40.0 Å². The predicted molar refractivity (Wildman–Crippen MR) is 94.8 cm³/mol. The molecule has 7 heteroatoms. The molecule has 23 heavy (non-hydrogen) atoms. The molecule has 0 saturated heterocycles. The van der Waals surface area contributed by atoms with Gasteiger partial charge in [0.05, 0.1) is 31.4 Å². The van der Waals surface area contributed by atoms with Crippen LogP contribution in [0.25, 0.3) is 0 Å². The molecule has 0 fully saturated rings. The molecule has 0 bridgehead atoms. The summed E-state index contributed by atoms with van der Waals surface area (Å²) >= 11 is 5.00. The van der Waals surface area contributed by atoms with Gasteiger partial charge in [0, 0.05) is 11.3 Å². The molecule has 0 saturated carbocycles. The predicted octanol–water partition coefficient (Wildman–Crippen LogP) is 3.89. The van der Waals surface area contributed by atoms with Crippen molar-refractivity contribution in [3.63, 3.8) is 0 Å². The Morgan fingerprint density at radius 2 is 1.87 bits per heavy atom. The number of anilines is 1. The lowest BCUT2D eigenvalue weighted by molar-refractivity contribution is 0.322. The minimum Gasteiger partial charge on any atom is -0.493 e. The van der Waals surface area contributed by atoms with Gasteiger partial charge in [-0.25, -0.2) is 0 Å². The highest BCUT2D eigenvalue weighted by Gasteiger charge is 2.21. The topological polar surface area (TPSA) is 77.5 Å². The van der Waals surface area contributed by atoms with Crippen molar-refractivity contribution in [3.05, 3.63) is 32.1 Å². The second-order valence-electron chi connectivity index (χ2n) is 4.80. The molecule has 5 nitrogen and oxygen atoms in total. The zero-order valence-corrected chi connectivity index (χ0v) is 15.7. The first-order valence-corrected chi connectivity index (χ1v) is 8.34. The molecule has 0 spiro atoms. The Labute approximate surface area is 147 Å². The second kappa shape index (κ2) is 7.11. The first-order chi connectivity index (χ1) is 11.0. The molecular weight excluding hydrogens is 380 g/mol. The summed E-state index contributed by atoms with van der Waals surface area (Å²) in [6.07, 6.45) is 0.611. The molecule has 1 aromatic heterocycles. The third kappa shape index (κ3) is 3.09. The maximum absolute atomic E-state index is 9.18. The number of nitrogens with zero attached hydrogens (tertiary/aromatic N) is 1. The number of hydrogen-bond acceptors (Lipinski definition) is 6. The van der Waals surface area contributed by atoms with E-state index in [2.05, 4.69) is 22.0 Å². The highest BCUT2D eigenvalue weighted by molar-refractivity contribution is 9.10. The van der Waals surface area contributed by atoms with Crippen LogP contribution >= 0.6 is 27.3 Å². The molecule has 0 atom stereocenters. The third-order valence-electron chi connectivity index (χ3n) is 3.58. The molecule has 0 aliphatic carbocycles. The lowest BCUT2D eigenvalue weighted by Gasteiger charge is -2.16. The number of nitriles is 1. The van der Waals surface area contributed by atoms with Crippen molar-refractivity contribution < 1.29 is 14.2 Å². The molecule has 0 radical (unpaired) electrons. The van der Waals surface area contributed by atoms with Gasteiger partial charge in [0.2, 0.25) is 5.75 Å². The number of halogens is 1. The Balaban J connectivity index is 2.55. The van der Waals surface area contributed by atoms with Crippen LogP contribution in [0.1, 0.15) is 21.6 Å². The van der Waals surface area contributed by atoms with E-state index < -0.39 is 0 Å². The van der Waals surface area contributed by atoms with E-state index in [1.54, 1.807) is 21.3 Å². The van der Waals surface area contributed by atoms with Crippen molar-refractivity contribution in [1.82, 2.24) is 0 Å². The van der Waals surface area contributed by atoms with Gasteiger partial charge < -0.3 is 19.9 Å². The molecule has 0 aliphatic rings. The van der Waals surface area contributed by atoms with Crippen LogP contribution < -0.4 is 19.9 Å². The van der Waals surface area contributed by atoms with E-state index in [0.717, 1.165) is 20.5 Å². The fraction of sp³-hybridized carbons (Fsp3) is 0.312. The zero-order chi connectivity index (χ0) is 17.1. The van der Waals surface area contributed by atoms with E-state index in [9.17, 15) is 5.26 Å². The minimum atomic E-state index is 0.533. The maximum Gasteiger partial charge on any atom is 0.204 e. The molecule has 122 valence electrons. The number of nitrogens with two attached hydrogens (primary N) is 1. The number of thiophene rings is 1. The quantitative estimate of drug-likeness (QED) is 0.828. The Morgan fingerprint density at radius 3 is 2.35 bits per heavy atom. The highest BCUT2D eigenvalue weighted by atomic mass is 79.9. The van der Waals surface area contributed by atoms with E-state index in [0.29, 0.717) is 34.2 Å². The van der Waals surface area contributed by atoms with Crippen LogP contribution in [0.2, 0.25) is 0 Å². The molecule has 0 unspecified atom stereocenters. The average Bonchev–Trinajstić information content (AvgIpc) is 2.81. The van der Waals surface area contributed by atoms with E-state index in [1.807, 2.05) is 13.0 Å². The van der Waals surface area contributed by atoms with Gasteiger partial charge >= 0.3 is 0 Å². The summed E-state index contributed by atoms with van der Waals surface area (Å²) in [6, 6.07) is 4.05. The summed E-state index contributed by atoms with van der Waals surface area (Å²) in [4.78, 5) is 1.04. The first kappa shape index (κ1) is 17.4. The van der Waals surface area contributed by atoms with Crippen molar-refractivity contribution in [2.75, 3.05) is 27.1 Å². The third-order valence-corrected chi connectivity index (χ3v) is 5.57. The average molecular weight is 397 g/mol. The van der Waals surface area contributed by atoms with Crippen LogP contribution in [0.4, 0.5) is 5.00 Å². The van der Waals surface area contributed by atoms with Crippen molar-refractivity contribution in [1.29, 1.82) is 5.26 Å². The maximum atomic E-state index is 9.18. The van der Waals surface area contributed by atoms with Crippen LogP contribution in [0.15, 0.2) is 10.5 Å². The van der Waals surface area contributed by atoms with Crippen molar-refractivity contribution in [2.24, 2.45) is 0 Å². The van der Waals surface area contributed by atoms with Crippen LogP contribution in [-0.4, -0.2) is 21.3 Å². The number of nitrogen functional groups attached to an aromatic ring is 1. The van der Waals surface area contributed by atoms with E-state index in [1.165, 1.54) is 11.3 Å². The van der Waals surface area contributed by atoms with E-state index in [-0.39, 0.29) is 0 Å². The summed E-state index contributed by atoms with van der Waals surface area (Å²) in [6.45, 7) is 1.91. The van der Waals surface area contributed by atoms with Gasteiger partial charge in [-0.15, -0.1) is 11.3 Å². The summed E-state index contributed by atoms with van der Waals surface area (Å²) in [5.74, 6) is 1.69. The lowest BCUT2D eigenvalue weighted by Crippen LogP contribution is -1.99. The summed E-state index contributed by atoms with van der Waals surface area (Å²) < 4.78 is 17.0. The van der Waals surface area contributed by atoms with Crippen molar-refractivity contribution >= 4 is 32.3 Å². The summed E-state index contributed by atoms with van der Waals surface area (Å²) in [5, 5.41) is 9.72. The molecule has 2 aromatic rings. The van der Waals surface area contributed by atoms with Gasteiger partial charge in [0.15, 0.2) is 11.5 Å². The number of benzene rings is 1. The van der Waals surface area contributed by atoms with E-state index in [4.69, 9.17) is 19.9 Å². The Kier molecular flexibility index (Phi) is 5.39. The van der Waals surface area contributed by atoms with Gasteiger partial charge in [0.25, 0.3) is 0 Å². The molecule has 1 aromatic carbocycles. The molecule has 1 heterocycles. The molecule has 0 amide bonds. The van der Waals surface area contributed by atoms with Crippen molar-refractivity contribution in [2.45, 2.75) is 13.3 Å². The molecule has 2 N–H and O–H groups in total. The summed E-state index contributed by atoms with van der Waals surface area (Å²) in [5.41, 5.74) is 8.35. The Hall–Kier alpha value is -1.91. The highest BCUT2D eigenvalue weighted by Crippen LogP contribution is 2.46.